The molecular weight excluding hydrogens is 360 g/mol. The van der Waals surface area contributed by atoms with Crippen molar-refractivity contribution in [2.75, 3.05) is 0 Å². The van der Waals surface area contributed by atoms with E-state index in [1.54, 1.807) is 16.8 Å². The third kappa shape index (κ3) is 2.31. The number of H-pyrrole nitrogens is 2. The molecule has 5 aromatic rings. The average Bonchev–Trinajstić information content (AvgIpc) is 2.98. The zero-order valence-corrected chi connectivity index (χ0v) is 14.8. The number of rotatable bonds is 2. The summed E-state index contributed by atoms with van der Waals surface area (Å²) < 4.78 is 7.17. The fourth-order valence-electron chi connectivity index (χ4n) is 3.64. The standard InChI is InChI=1S/C20H14N4O4/c1-10-4-5-14-13(7-10)15-12-3-2-6-21-18(12)28-19(26)16(15)24(14)9-11-8-22-20(27)23-17(11)25/h2-8H,9H2,1H3,(H2,22,23,25,27). The Labute approximate surface area is 156 Å². The minimum absolute atomic E-state index is 0.103. The molecule has 0 aliphatic carbocycles. The first kappa shape index (κ1) is 16.2. The van der Waals surface area contributed by atoms with Crippen LogP contribution in [0, 0.1) is 6.92 Å². The highest BCUT2D eigenvalue weighted by atomic mass is 16.4. The van der Waals surface area contributed by atoms with Crippen molar-refractivity contribution in [3.63, 3.8) is 0 Å². The summed E-state index contributed by atoms with van der Waals surface area (Å²) in [6.45, 7) is 2.08. The van der Waals surface area contributed by atoms with Crippen molar-refractivity contribution in [1.82, 2.24) is 19.5 Å². The molecule has 0 fully saturated rings. The largest absolute Gasteiger partial charge is 0.402 e. The second kappa shape index (κ2) is 5.78. The minimum atomic E-state index is -0.580. The molecule has 28 heavy (non-hydrogen) atoms. The first-order chi connectivity index (χ1) is 13.5. The second-order valence-electron chi connectivity index (χ2n) is 6.67. The molecule has 5 rings (SSSR count). The van der Waals surface area contributed by atoms with Crippen LogP contribution in [0.4, 0.5) is 0 Å². The Morgan fingerprint density at radius 2 is 2.00 bits per heavy atom. The molecule has 138 valence electrons. The molecule has 0 saturated carbocycles. The normalized spacial score (nSPS) is 11.6. The smallest absolute Gasteiger partial charge is 0.362 e. The molecule has 0 amide bonds. The molecule has 0 aliphatic rings. The second-order valence-corrected chi connectivity index (χ2v) is 6.67. The first-order valence-corrected chi connectivity index (χ1v) is 8.64. The van der Waals surface area contributed by atoms with Gasteiger partial charge < -0.3 is 14.0 Å². The summed E-state index contributed by atoms with van der Waals surface area (Å²) in [7, 11) is 0. The molecule has 8 heteroatoms. The number of fused-ring (bicyclic) bond motifs is 5. The van der Waals surface area contributed by atoms with Gasteiger partial charge in [0.15, 0.2) is 0 Å². The summed E-state index contributed by atoms with van der Waals surface area (Å²) in [4.78, 5) is 45.2. The fourth-order valence-corrected chi connectivity index (χ4v) is 3.64. The van der Waals surface area contributed by atoms with Gasteiger partial charge in [0.2, 0.25) is 5.71 Å². The summed E-state index contributed by atoms with van der Waals surface area (Å²) >= 11 is 0. The number of nitrogens with one attached hydrogen (secondary N) is 2. The van der Waals surface area contributed by atoms with Gasteiger partial charge in [-0.15, -0.1) is 0 Å². The quantitative estimate of drug-likeness (QED) is 0.491. The Morgan fingerprint density at radius 3 is 2.82 bits per heavy atom. The number of nitrogens with zero attached hydrogens (tertiary/aromatic N) is 2. The van der Waals surface area contributed by atoms with Crippen molar-refractivity contribution in [1.29, 1.82) is 0 Å². The van der Waals surface area contributed by atoms with Gasteiger partial charge in [0.25, 0.3) is 5.56 Å². The summed E-state index contributed by atoms with van der Waals surface area (Å²) in [5, 5.41) is 2.34. The van der Waals surface area contributed by atoms with E-state index in [1.807, 2.05) is 31.2 Å². The molecule has 1 aromatic carbocycles. The van der Waals surface area contributed by atoms with Gasteiger partial charge in [-0.2, -0.15) is 0 Å². The maximum Gasteiger partial charge on any atom is 0.362 e. The van der Waals surface area contributed by atoms with Gasteiger partial charge in [-0.25, -0.2) is 14.6 Å². The van der Waals surface area contributed by atoms with E-state index in [-0.39, 0.29) is 12.3 Å². The van der Waals surface area contributed by atoms with Crippen LogP contribution in [0.1, 0.15) is 11.1 Å². The van der Waals surface area contributed by atoms with Gasteiger partial charge in [0.1, 0.15) is 5.52 Å². The van der Waals surface area contributed by atoms with Crippen molar-refractivity contribution in [2.24, 2.45) is 0 Å². The van der Waals surface area contributed by atoms with Crippen LogP contribution in [0.3, 0.4) is 0 Å². The molecule has 0 unspecified atom stereocenters. The maximum absolute atomic E-state index is 12.8. The SMILES string of the molecule is Cc1ccc2c(c1)c1c3cccnc3oc(=O)c1n2Cc1c[nH]c(=O)[nH]c1=O. The lowest BCUT2D eigenvalue weighted by atomic mass is 10.1. The molecule has 0 bridgehead atoms. The molecule has 4 heterocycles. The first-order valence-electron chi connectivity index (χ1n) is 8.64. The fraction of sp³-hybridized carbons (Fsp3) is 0.100. The molecule has 0 atom stereocenters. The van der Waals surface area contributed by atoms with E-state index in [4.69, 9.17) is 4.42 Å². The van der Waals surface area contributed by atoms with Gasteiger partial charge in [0, 0.05) is 34.1 Å². The van der Waals surface area contributed by atoms with Gasteiger partial charge >= 0.3 is 11.3 Å². The molecule has 0 spiro atoms. The van der Waals surface area contributed by atoms with Crippen LogP contribution in [0.25, 0.3) is 32.9 Å². The van der Waals surface area contributed by atoms with E-state index >= 15 is 0 Å². The molecule has 0 aliphatic heterocycles. The van der Waals surface area contributed by atoms with E-state index < -0.39 is 16.9 Å². The third-order valence-electron chi connectivity index (χ3n) is 4.87. The topological polar surface area (TPSA) is 114 Å². The van der Waals surface area contributed by atoms with Gasteiger partial charge in [-0.1, -0.05) is 11.6 Å². The molecule has 2 N–H and O–H groups in total. The highest BCUT2D eigenvalue weighted by Crippen LogP contribution is 2.33. The van der Waals surface area contributed by atoms with Crippen LogP contribution in [0.2, 0.25) is 0 Å². The number of pyridine rings is 1. The Balaban J connectivity index is 1.95. The Bertz CT molecular complexity index is 1570. The van der Waals surface area contributed by atoms with E-state index in [9.17, 15) is 14.4 Å². The van der Waals surface area contributed by atoms with Crippen molar-refractivity contribution >= 4 is 32.9 Å². The number of hydrogen-bond acceptors (Lipinski definition) is 5. The van der Waals surface area contributed by atoms with Crippen molar-refractivity contribution in [3.8, 4) is 0 Å². The highest BCUT2D eigenvalue weighted by Gasteiger charge is 2.19. The van der Waals surface area contributed by atoms with Gasteiger partial charge in [-0.3, -0.25) is 9.78 Å². The van der Waals surface area contributed by atoms with Crippen LogP contribution in [0.5, 0.6) is 0 Å². The average molecular weight is 374 g/mol. The monoisotopic (exact) mass is 374 g/mol. The number of aromatic nitrogens is 4. The minimum Gasteiger partial charge on any atom is -0.402 e. The predicted molar refractivity (Wildman–Crippen MR) is 105 cm³/mol. The lowest BCUT2D eigenvalue weighted by molar-refractivity contribution is 0.553. The van der Waals surface area contributed by atoms with Crippen LogP contribution in [-0.2, 0) is 6.54 Å². The van der Waals surface area contributed by atoms with Crippen LogP contribution < -0.4 is 16.9 Å². The highest BCUT2D eigenvalue weighted by molar-refractivity contribution is 6.18. The van der Waals surface area contributed by atoms with Crippen LogP contribution >= 0.6 is 0 Å². The molecular formula is C20H14N4O4. The van der Waals surface area contributed by atoms with Crippen LogP contribution in [0.15, 0.2) is 61.5 Å². The Morgan fingerprint density at radius 1 is 1.14 bits per heavy atom. The molecule has 0 saturated heterocycles. The van der Waals surface area contributed by atoms with E-state index in [2.05, 4.69) is 15.0 Å². The summed E-state index contributed by atoms with van der Waals surface area (Å²) in [6, 6.07) is 9.49. The lowest BCUT2D eigenvalue weighted by Crippen LogP contribution is -2.26. The van der Waals surface area contributed by atoms with Crippen molar-refractivity contribution in [3.05, 3.63) is 85.1 Å². The molecule has 4 aromatic heterocycles. The van der Waals surface area contributed by atoms with Crippen molar-refractivity contribution in [2.45, 2.75) is 13.5 Å². The molecule has 0 radical (unpaired) electrons. The zero-order chi connectivity index (χ0) is 19.4. The molecule has 8 nitrogen and oxygen atoms in total. The van der Waals surface area contributed by atoms with Crippen LogP contribution in [-0.4, -0.2) is 19.5 Å². The van der Waals surface area contributed by atoms with E-state index in [0.717, 1.165) is 27.2 Å². The predicted octanol–water partition coefficient (Wildman–Crippen LogP) is 2.03. The summed E-state index contributed by atoms with van der Waals surface area (Å²) in [5.41, 5.74) is 1.16. The van der Waals surface area contributed by atoms with Crippen molar-refractivity contribution < 1.29 is 4.42 Å². The van der Waals surface area contributed by atoms with Gasteiger partial charge in [0.05, 0.1) is 12.1 Å². The van der Waals surface area contributed by atoms with E-state index in [0.29, 0.717) is 11.1 Å². The number of aryl methyl sites for hydroxylation is 1. The number of benzene rings is 1. The Kier molecular flexibility index (Phi) is 3.35. The Hall–Kier alpha value is -3.94. The van der Waals surface area contributed by atoms with Gasteiger partial charge in [-0.05, 0) is 31.2 Å². The number of aromatic amines is 2. The lowest BCUT2D eigenvalue weighted by Gasteiger charge is -2.06. The van der Waals surface area contributed by atoms with E-state index in [1.165, 1.54) is 6.20 Å². The summed E-state index contributed by atoms with van der Waals surface area (Å²) in [5.74, 6) is 0. The zero-order valence-electron chi connectivity index (χ0n) is 14.8. The third-order valence-corrected chi connectivity index (χ3v) is 4.87. The summed E-state index contributed by atoms with van der Waals surface area (Å²) in [6.07, 6.45) is 2.93. The number of hydrogen-bond donors (Lipinski definition) is 2. The maximum atomic E-state index is 12.8.